The Labute approximate surface area is 112 Å². The summed E-state index contributed by atoms with van der Waals surface area (Å²) in [5.41, 5.74) is 0.455. The Morgan fingerprint density at radius 2 is 2.28 bits per heavy atom. The van der Waals surface area contributed by atoms with Gasteiger partial charge in [-0.15, -0.1) is 5.10 Å². The molecule has 0 aliphatic heterocycles. The lowest BCUT2D eigenvalue weighted by atomic mass is 10.2. The Hall–Kier alpha value is -1.89. The summed E-state index contributed by atoms with van der Waals surface area (Å²) in [6, 6.07) is 5.15. The van der Waals surface area contributed by atoms with Crippen LogP contribution in [0.2, 0.25) is 0 Å². The van der Waals surface area contributed by atoms with Crippen LogP contribution in [0.25, 0.3) is 0 Å². The maximum Gasteiger partial charge on any atom is 0.259 e. The van der Waals surface area contributed by atoms with Gasteiger partial charge in [-0.1, -0.05) is 0 Å². The van der Waals surface area contributed by atoms with Gasteiger partial charge in [0, 0.05) is 4.47 Å². The highest BCUT2D eigenvalue weighted by Gasteiger charge is 2.13. The Bertz CT molecular complexity index is 582. The first kappa shape index (κ1) is 12.6. The van der Waals surface area contributed by atoms with E-state index in [2.05, 4.69) is 36.4 Å². The van der Waals surface area contributed by atoms with Crippen LogP contribution in [0.5, 0.6) is 5.75 Å². The maximum atomic E-state index is 12.0. The number of aromatic amines is 1. The van der Waals surface area contributed by atoms with Gasteiger partial charge in [0.2, 0.25) is 5.95 Å². The van der Waals surface area contributed by atoms with Crippen LogP contribution in [0.1, 0.15) is 16.2 Å². The van der Waals surface area contributed by atoms with Crippen LogP contribution < -0.4 is 10.1 Å². The van der Waals surface area contributed by atoms with Crippen LogP contribution in [0.4, 0.5) is 5.95 Å². The molecule has 1 amide bonds. The van der Waals surface area contributed by atoms with Crippen molar-refractivity contribution in [3.05, 3.63) is 34.1 Å². The molecule has 1 aromatic carbocycles. The molecule has 18 heavy (non-hydrogen) atoms. The number of hydrogen-bond acceptors (Lipinski definition) is 4. The Morgan fingerprint density at radius 3 is 2.89 bits per heavy atom. The second kappa shape index (κ2) is 5.18. The molecule has 0 unspecified atom stereocenters. The Balaban J connectivity index is 2.23. The van der Waals surface area contributed by atoms with Crippen molar-refractivity contribution >= 4 is 27.8 Å². The fourth-order valence-electron chi connectivity index (χ4n) is 1.37. The highest BCUT2D eigenvalue weighted by molar-refractivity contribution is 9.10. The third-order valence-electron chi connectivity index (χ3n) is 2.24. The molecule has 0 aliphatic rings. The van der Waals surface area contributed by atoms with E-state index in [1.54, 1.807) is 32.2 Å². The molecule has 6 nitrogen and oxygen atoms in total. The molecule has 0 fully saturated rings. The molecule has 2 N–H and O–H groups in total. The average Bonchev–Trinajstić information content (AvgIpc) is 2.75. The third kappa shape index (κ3) is 2.67. The highest BCUT2D eigenvalue weighted by Crippen LogP contribution is 2.23. The number of nitrogens with zero attached hydrogens (tertiary/aromatic N) is 2. The molecule has 0 saturated carbocycles. The van der Waals surface area contributed by atoms with Gasteiger partial charge in [0.25, 0.3) is 5.91 Å². The maximum absolute atomic E-state index is 12.0. The van der Waals surface area contributed by atoms with Gasteiger partial charge in [-0.05, 0) is 41.1 Å². The summed E-state index contributed by atoms with van der Waals surface area (Å²) in [5.74, 6) is 1.18. The standard InChI is InChI=1S/C11H11BrN4O2/c1-6-13-11(16-15-6)14-10(17)8-5-7(18-2)3-4-9(8)12/h3-5H,1-2H3,(H2,13,14,15,16,17). The summed E-state index contributed by atoms with van der Waals surface area (Å²) < 4.78 is 5.75. The molecule has 2 aromatic rings. The van der Waals surface area contributed by atoms with Crippen molar-refractivity contribution < 1.29 is 9.53 Å². The number of aryl methyl sites for hydroxylation is 1. The summed E-state index contributed by atoms with van der Waals surface area (Å²) in [6.45, 7) is 1.75. The van der Waals surface area contributed by atoms with Crippen molar-refractivity contribution in [2.75, 3.05) is 12.4 Å². The summed E-state index contributed by atoms with van der Waals surface area (Å²) in [6.07, 6.45) is 0. The summed E-state index contributed by atoms with van der Waals surface area (Å²) >= 11 is 3.31. The molecule has 0 aliphatic carbocycles. The third-order valence-corrected chi connectivity index (χ3v) is 2.93. The number of aromatic nitrogens is 3. The Morgan fingerprint density at radius 1 is 1.50 bits per heavy atom. The lowest BCUT2D eigenvalue weighted by molar-refractivity contribution is 0.102. The molecular weight excluding hydrogens is 300 g/mol. The minimum absolute atomic E-state index is 0.243. The zero-order valence-electron chi connectivity index (χ0n) is 9.82. The number of rotatable bonds is 3. The predicted octanol–water partition coefficient (Wildman–Crippen LogP) is 2.14. The molecule has 7 heteroatoms. The van der Waals surface area contributed by atoms with E-state index in [0.29, 0.717) is 21.6 Å². The fraction of sp³-hybridized carbons (Fsp3) is 0.182. The van der Waals surface area contributed by atoms with E-state index in [-0.39, 0.29) is 11.9 Å². The number of carbonyl (C=O) groups excluding carboxylic acids is 1. The summed E-state index contributed by atoms with van der Waals surface area (Å²) in [4.78, 5) is 16.0. The molecule has 94 valence electrons. The quantitative estimate of drug-likeness (QED) is 0.910. The lowest BCUT2D eigenvalue weighted by Crippen LogP contribution is -2.13. The van der Waals surface area contributed by atoms with Crippen molar-refractivity contribution in [3.63, 3.8) is 0 Å². The lowest BCUT2D eigenvalue weighted by Gasteiger charge is -2.06. The van der Waals surface area contributed by atoms with Gasteiger partial charge in [0.05, 0.1) is 12.7 Å². The number of carbonyl (C=O) groups is 1. The first-order valence-electron chi connectivity index (χ1n) is 5.14. The van der Waals surface area contributed by atoms with E-state index >= 15 is 0 Å². The largest absolute Gasteiger partial charge is 0.497 e. The molecule has 1 aromatic heterocycles. The number of H-pyrrole nitrogens is 1. The molecular formula is C11H11BrN4O2. The number of ether oxygens (including phenoxy) is 1. The SMILES string of the molecule is COc1ccc(Br)c(C(=O)Nc2n[nH]c(C)n2)c1. The highest BCUT2D eigenvalue weighted by atomic mass is 79.9. The van der Waals surface area contributed by atoms with E-state index in [1.165, 1.54) is 0 Å². The smallest absolute Gasteiger partial charge is 0.259 e. The van der Waals surface area contributed by atoms with Crippen LogP contribution in [0, 0.1) is 6.92 Å². The molecule has 1 heterocycles. The zero-order valence-corrected chi connectivity index (χ0v) is 11.4. The van der Waals surface area contributed by atoms with Crippen molar-refractivity contribution in [1.82, 2.24) is 15.2 Å². The van der Waals surface area contributed by atoms with Crippen LogP contribution in [0.3, 0.4) is 0 Å². The van der Waals surface area contributed by atoms with E-state index in [9.17, 15) is 4.79 Å². The van der Waals surface area contributed by atoms with Crippen LogP contribution in [0.15, 0.2) is 22.7 Å². The normalized spacial score (nSPS) is 10.2. The number of nitrogens with one attached hydrogen (secondary N) is 2. The van der Waals surface area contributed by atoms with Gasteiger partial charge in [0.15, 0.2) is 0 Å². The number of hydrogen-bond donors (Lipinski definition) is 2. The zero-order chi connectivity index (χ0) is 13.1. The molecule has 0 bridgehead atoms. The monoisotopic (exact) mass is 310 g/mol. The van der Waals surface area contributed by atoms with Gasteiger partial charge in [-0.3, -0.25) is 15.2 Å². The number of halogens is 1. The Kier molecular flexibility index (Phi) is 3.61. The second-order valence-electron chi connectivity index (χ2n) is 3.54. The van der Waals surface area contributed by atoms with Crippen molar-refractivity contribution in [2.45, 2.75) is 6.92 Å². The average molecular weight is 311 g/mol. The van der Waals surface area contributed by atoms with Crippen LogP contribution in [-0.2, 0) is 0 Å². The van der Waals surface area contributed by atoms with E-state index in [1.807, 2.05) is 0 Å². The van der Waals surface area contributed by atoms with E-state index < -0.39 is 0 Å². The van der Waals surface area contributed by atoms with Gasteiger partial charge in [0.1, 0.15) is 11.6 Å². The molecule has 0 spiro atoms. The van der Waals surface area contributed by atoms with Crippen molar-refractivity contribution in [1.29, 1.82) is 0 Å². The number of methoxy groups -OCH3 is 1. The number of anilines is 1. The van der Waals surface area contributed by atoms with Gasteiger partial charge in [-0.2, -0.15) is 4.98 Å². The first-order valence-corrected chi connectivity index (χ1v) is 5.93. The van der Waals surface area contributed by atoms with Crippen molar-refractivity contribution in [3.8, 4) is 5.75 Å². The second-order valence-corrected chi connectivity index (χ2v) is 4.40. The minimum Gasteiger partial charge on any atom is -0.497 e. The van der Waals surface area contributed by atoms with Crippen LogP contribution in [-0.4, -0.2) is 28.2 Å². The minimum atomic E-state index is -0.306. The topological polar surface area (TPSA) is 79.9 Å². The van der Waals surface area contributed by atoms with Crippen LogP contribution >= 0.6 is 15.9 Å². The summed E-state index contributed by atoms with van der Waals surface area (Å²) in [5, 5.41) is 9.08. The molecule has 0 saturated heterocycles. The van der Waals surface area contributed by atoms with Gasteiger partial charge in [-0.25, -0.2) is 0 Å². The molecule has 0 radical (unpaired) electrons. The number of amides is 1. The molecule has 2 rings (SSSR count). The van der Waals surface area contributed by atoms with E-state index in [0.717, 1.165) is 0 Å². The van der Waals surface area contributed by atoms with E-state index in [4.69, 9.17) is 4.74 Å². The molecule has 0 atom stereocenters. The van der Waals surface area contributed by atoms with Crippen molar-refractivity contribution in [2.24, 2.45) is 0 Å². The van der Waals surface area contributed by atoms with Gasteiger partial charge >= 0.3 is 0 Å². The first-order chi connectivity index (χ1) is 8.60. The predicted molar refractivity (Wildman–Crippen MR) is 69.8 cm³/mol. The summed E-state index contributed by atoms with van der Waals surface area (Å²) in [7, 11) is 1.55. The fourth-order valence-corrected chi connectivity index (χ4v) is 1.80. The van der Waals surface area contributed by atoms with Gasteiger partial charge < -0.3 is 4.74 Å². The number of benzene rings is 1.